The van der Waals surface area contributed by atoms with Gasteiger partial charge in [0.1, 0.15) is 34.6 Å². The van der Waals surface area contributed by atoms with Crippen LogP contribution in [-0.4, -0.2) is 12.6 Å². The lowest BCUT2D eigenvalue weighted by molar-refractivity contribution is 0.0740. The number of nitriles is 1. The van der Waals surface area contributed by atoms with Gasteiger partial charge in [-0.3, -0.25) is 0 Å². The number of hydrogen-bond donors (Lipinski definition) is 1. The second-order valence-electron chi connectivity index (χ2n) is 10.0. The molecule has 0 bridgehead atoms. The van der Waals surface area contributed by atoms with E-state index < -0.39 is 11.9 Å². The maximum atomic E-state index is 13.2. The van der Waals surface area contributed by atoms with Crippen LogP contribution in [-0.2, 0) is 6.61 Å². The van der Waals surface area contributed by atoms with Crippen LogP contribution in [0.25, 0.3) is 10.1 Å². The van der Waals surface area contributed by atoms with Gasteiger partial charge in [0.25, 0.3) is 0 Å². The van der Waals surface area contributed by atoms with E-state index in [-0.39, 0.29) is 33.7 Å². The lowest BCUT2D eigenvalue weighted by Gasteiger charge is -2.27. The van der Waals surface area contributed by atoms with E-state index in [1.165, 1.54) is 6.07 Å². The van der Waals surface area contributed by atoms with Crippen molar-refractivity contribution in [1.29, 1.82) is 5.26 Å². The van der Waals surface area contributed by atoms with Gasteiger partial charge in [-0.15, -0.1) is 11.3 Å². The Balaban J connectivity index is 1.30. The molecule has 2 N–H and O–H groups in total. The number of halogens is 4. The molecule has 12 heteroatoms. The molecule has 46 heavy (non-hydrogen) atoms. The summed E-state index contributed by atoms with van der Waals surface area (Å²) in [5.74, 6) is 0.161. The normalized spacial score (nSPS) is 14.0. The number of ether oxygens (including phenoxy) is 4. The fourth-order valence-electron chi connectivity index (χ4n) is 5.10. The number of allylic oxidation sites excluding steroid dienone is 1. The standard InChI is InChI=1S/C34H22Cl4N2O5S/c1-2-42-27-11-17(7-10-25(27)43-16-18-5-3-4-6-23(18)36)29-21-9-8-20(14-26(21)45-33(40)22(29)15-39)44-34(41)32-31(38)30-24(37)12-19(35)13-28(30)46-32/h3-14,29H,2,16,40H2,1H3. The Kier molecular flexibility index (Phi) is 9.23. The smallest absolute Gasteiger partial charge is 0.355 e. The molecule has 0 radical (unpaired) electrons. The molecule has 1 atom stereocenters. The number of hydrogen-bond acceptors (Lipinski definition) is 8. The molecule has 1 aliphatic rings. The van der Waals surface area contributed by atoms with E-state index in [1.807, 2.05) is 37.3 Å². The zero-order valence-corrected chi connectivity index (χ0v) is 27.7. The minimum atomic E-state index is -0.680. The summed E-state index contributed by atoms with van der Waals surface area (Å²) in [6.07, 6.45) is 0. The summed E-state index contributed by atoms with van der Waals surface area (Å²) in [5.41, 5.74) is 8.64. The first-order chi connectivity index (χ1) is 22.2. The van der Waals surface area contributed by atoms with Crippen molar-refractivity contribution in [2.75, 3.05) is 6.61 Å². The Morgan fingerprint density at radius 1 is 0.978 bits per heavy atom. The van der Waals surface area contributed by atoms with Crippen LogP contribution in [0.1, 0.15) is 39.2 Å². The molecular formula is C34H22Cl4N2O5S. The number of rotatable bonds is 8. The highest BCUT2D eigenvalue weighted by Crippen LogP contribution is 2.46. The van der Waals surface area contributed by atoms with Crippen LogP contribution in [0.15, 0.2) is 84.3 Å². The van der Waals surface area contributed by atoms with Crippen molar-refractivity contribution in [3.05, 3.63) is 126 Å². The summed E-state index contributed by atoms with van der Waals surface area (Å²) in [4.78, 5) is 13.4. The first kappa shape index (κ1) is 31.9. The number of carbonyl (C=O) groups is 1. The highest BCUT2D eigenvalue weighted by Gasteiger charge is 2.32. The number of thiophene rings is 1. The van der Waals surface area contributed by atoms with Gasteiger partial charge in [0, 0.05) is 37.3 Å². The molecule has 6 rings (SSSR count). The number of fused-ring (bicyclic) bond motifs is 2. The van der Waals surface area contributed by atoms with Gasteiger partial charge >= 0.3 is 5.97 Å². The zero-order chi connectivity index (χ0) is 32.5. The van der Waals surface area contributed by atoms with Gasteiger partial charge in [0.05, 0.1) is 22.6 Å². The minimum absolute atomic E-state index is 0.0699. The third kappa shape index (κ3) is 6.17. The van der Waals surface area contributed by atoms with Crippen LogP contribution in [0, 0.1) is 11.3 Å². The lowest BCUT2D eigenvalue weighted by atomic mass is 9.83. The molecule has 0 saturated heterocycles. The quantitative estimate of drug-likeness (QED) is 0.126. The monoisotopic (exact) mass is 710 g/mol. The van der Waals surface area contributed by atoms with E-state index in [1.54, 1.807) is 36.4 Å². The van der Waals surface area contributed by atoms with Crippen LogP contribution in [0.4, 0.5) is 0 Å². The fraction of sp³-hybridized carbons (Fsp3) is 0.118. The molecule has 5 aromatic rings. The molecule has 1 unspecified atom stereocenters. The Labute approximate surface area is 288 Å². The van der Waals surface area contributed by atoms with Gasteiger partial charge in [-0.1, -0.05) is 76.7 Å². The average Bonchev–Trinajstić information content (AvgIpc) is 3.36. The van der Waals surface area contributed by atoms with Crippen LogP contribution >= 0.6 is 57.7 Å². The number of nitrogens with two attached hydrogens (primary N) is 1. The highest BCUT2D eigenvalue weighted by atomic mass is 35.5. The van der Waals surface area contributed by atoms with Gasteiger partial charge in [-0.25, -0.2) is 4.79 Å². The SMILES string of the molecule is CCOc1cc(C2C(C#N)=C(N)Oc3cc(OC(=O)c4sc5cc(Cl)cc(Cl)c5c4Cl)ccc32)ccc1OCc1ccccc1Cl. The molecule has 0 spiro atoms. The highest BCUT2D eigenvalue weighted by molar-refractivity contribution is 7.21. The Hall–Kier alpha value is -4.10. The summed E-state index contributed by atoms with van der Waals surface area (Å²) in [6.45, 7) is 2.49. The third-order valence-corrected chi connectivity index (χ3v) is 9.67. The number of benzene rings is 4. The van der Waals surface area contributed by atoms with Crippen molar-refractivity contribution in [3.8, 4) is 29.1 Å². The van der Waals surface area contributed by atoms with Crippen molar-refractivity contribution in [1.82, 2.24) is 0 Å². The molecule has 7 nitrogen and oxygen atoms in total. The van der Waals surface area contributed by atoms with Crippen molar-refractivity contribution in [3.63, 3.8) is 0 Å². The van der Waals surface area contributed by atoms with Crippen molar-refractivity contribution < 1.29 is 23.7 Å². The Morgan fingerprint density at radius 2 is 1.78 bits per heavy atom. The second kappa shape index (κ2) is 13.3. The van der Waals surface area contributed by atoms with Crippen molar-refractivity contribution in [2.45, 2.75) is 19.4 Å². The number of nitrogens with zero attached hydrogens (tertiary/aromatic N) is 1. The molecule has 1 aliphatic heterocycles. The van der Waals surface area contributed by atoms with Crippen LogP contribution in [0.2, 0.25) is 20.1 Å². The van der Waals surface area contributed by atoms with Crippen molar-refractivity contribution >= 4 is 73.8 Å². The van der Waals surface area contributed by atoms with E-state index in [0.717, 1.165) is 22.5 Å². The Morgan fingerprint density at radius 3 is 2.54 bits per heavy atom. The Bertz CT molecular complexity index is 2090. The zero-order valence-electron chi connectivity index (χ0n) is 23.9. The molecule has 4 aromatic carbocycles. The molecule has 2 heterocycles. The maximum Gasteiger partial charge on any atom is 0.355 e. The van der Waals surface area contributed by atoms with E-state index in [0.29, 0.717) is 54.6 Å². The van der Waals surface area contributed by atoms with E-state index >= 15 is 0 Å². The maximum absolute atomic E-state index is 13.2. The van der Waals surface area contributed by atoms with Gasteiger partial charge in [0.15, 0.2) is 11.5 Å². The van der Waals surface area contributed by atoms with Crippen LogP contribution in [0.5, 0.6) is 23.0 Å². The van der Waals surface area contributed by atoms with Gasteiger partial charge in [-0.05, 0) is 48.9 Å². The lowest BCUT2D eigenvalue weighted by Crippen LogP contribution is -2.21. The molecule has 1 aromatic heterocycles. The fourth-order valence-corrected chi connectivity index (χ4v) is 7.54. The van der Waals surface area contributed by atoms with E-state index in [2.05, 4.69) is 6.07 Å². The van der Waals surface area contributed by atoms with Crippen LogP contribution in [0.3, 0.4) is 0 Å². The topological polar surface area (TPSA) is 104 Å². The summed E-state index contributed by atoms with van der Waals surface area (Å²) >= 11 is 26.4. The van der Waals surface area contributed by atoms with Crippen molar-refractivity contribution in [2.24, 2.45) is 5.73 Å². The predicted molar refractivity (Wildman–Crippen MR) is 181 cm³/mol. The number of esters is 1. The summed E-state index contributed by atoms with van der Waals surface area (Å²) in [7, 11) is 0. The summed E-state index contributed by atoms with van der Waals surface area (Å²) in [5, 5.41) is 12.1. The largest absolute Gasteiger partial charge is 0.490 e. The molecular weight excluding hydrogens is 690 g/mol. The second-order valence-corrected chi connectivity index (χ2v) is 12.7. The minimum Gasteiger partial charge on any atom is -0.490 e. The van der Waals surface area contributed by atoms with Gasteiger partial charge < -0.3 is 24.7 Å². The molecule has 232 valence electrons. The van der Waals surface area contributed by atoms with Gasteiger partial charge in [-0.2, -0.15) is 5.26 Å². The summed E-state index contributed by atoms with van der Waals surface area (Å²) in [6, 6.07) is 23.1. The van der Waals surface area contributed by atoms with E-state index in [4.69, 9.17) is 71.1 Å². The molecule has 0 amide bonds. The number of carbonyl (C=O) groups excluding carboxylic acids is 1. The average molecular weight is 712 g/mol. The third-order valence-electron chi connectivity index (χ3n) is 7.18. The van der Waals surface area contributed by atoms with Crippen LogP contribution < -0.4 is 24.7 Å². The molecule has 0 aliphatic carbocycles. The van der Waals surface area contributed by atoms with Gasteiger partial charge in [0.2, 0.25) is 5.88 Å². The first-order valence-corrected chi connectivity index (χ1v) is 16.1. The predicted octanol–water partition coefficient (Wildman–Crippen LogP) is 9.93. The molecule has 0 saturated carbocycles. The van der Waals surface area contributed by atoms with E-state index in [9.17, 15) is 10.1 Å². The molecule has 0 fully saturated rings. The first-order valence-electron chi connectivity index (χ1n) is 13.8. The summed E-state index contributed by atoms with van der Waals surface area (Å²) < 4.78 is 24.1.